The summed E-state index contributed by atoms with van der Waals surface area (Å²) < 4.78 is 10.7. The first kappa shape index (κ1) is 10.8. The predicted molar refractivity (Wildman–Crippen MR) is 48.8 cm³/mol. The fourth-order valence-corrected chi connectivity index (χ4v) is 2.02. The largest absolute Gasteiger partial charge is 0.388 e. The molecule has 2 heterocycles. The molecule has 2 bridgehead atoms. The molecule has 6 heteroatoms. The molecule has 0 spiro atoms. The second-order valence-electron chi connectivity index (χ2n) is 4.27. The van der Waals surface area contributed by atoms with Gasteiger partial charge in [-0.15, -0.1) is 0 Å². The van der Waals surface area contributed by atoms with Crippen molar-refractivity contribution in [1.29, 1.82) is 0 Å². The van der Waals surface area contributed by atoms with Crippen molar-refractivity contribution in [3.63, 3.8) is 0 Å². The molecule has 0 unspecified atom stereocenters. The van der Waals surface area contributed by atoms with Gasteiger partial charge in [0, 0.05) is 6.92 Å². The number of carbonyl (C=O) groups excluding carboxylic acids is 1. The van der Waals surface area contributed by atoms with Crippen LogP contribution in [0.3, 0.4) is 0 Å². The van der Waals surface area contributed by atoms with E-state index >= 15 is 0 Å². The molecule has 0 aromatic carbocycles. The van der Waals surface area contributed by atoms with E-state index in [9.17, 15) is 15.0 Å². The van der Waals surface area contributed by atoms with Gasteiger partial charge in [0.1, 0.15) is 23.9 Å². The summed E-state index contributed by atoms with van der Waals surface area (Å²) in [6.07, 6.45) is -2.81. The van der Waals surface area contributed by atoms with Crippen molar-refractivity contribution in [2.75, 3.05) is 6.61 Å². The molecule has 0 aromatic heterocycles. The van der Waals surface area contributed by atoms with Crippen molar-refractivity contribution < 1.29 is 24.5 Å². The van der Waals surface area contributed by atoms with E-state index in [1.54, 1.807) is 6.92 Å². The van der Waals surface area contributed by atoms with Crippen LogP contribution in [-0.2, 0) is 14.3 Å². The molecular formula is C9H15NO5. The Kier molecular flexibility index (Phi) is 2.46. The number of hydrogen-bond acceptors (Lipinski definition) is 5. The molecule has 2 rings (SSSR count). The van der Waals surface area contributed by atoms with Crippen LogP contribution in [0.15, 0.2) is 0 Å². The van der Waals surface area contributed by atoms with Crippen molar-refractivity contribution in [2.45, 2.75) is 44.0 Å². The van der Waals surface area contributed by atoms with Crippen molar-refractivity contribution in [1.82, 2.24) is 5.32 Å². The molecular weight excluding hydrogens is 202 g/mol. The topological polar surface area (TPSA) is 88.0 Å². The third-order valence-electron chi connectivity index (χ3n) is 2.90. The van der Waals surface area contributed by atoms with Crippen molar-refractivity contribution >= 4 is 5.91 Å². The van der Waals surface area contributed by atoms with Crippen molar-refractivity contribution in [2.24, 2.45) is 0 Å². The van der Waals surface area contributed by atoms with Crippen LogP contribution in [0.25, 0.3) is 0 Å². The summed E-state index contributed by atoms with van der Waals surface area (Å²) >= 11 is 0. The van der Waals surface area contributed by atoms with Gasteiger partial charge in [0.2, 0.25) is 5.91 Å². The second-order valence-corrected chi connectivity index (χ2v) is 4.27. The van der Waals surface area contributed by atoms with Gasteiger partial charge >= 0.3 is 0 Å². The summed E-state index contributed by atoms with van der Waals surface area (Å²) in [5, 5.41) is 22.1. The number of rotatable bonds is 1. The molecule has 2 aliphatic rings. The highest BCUT2D eigenvalue weighted by Crippen LogP contribution is 2.36. The number of hydrogen-bond donors (Lipinski definition) is 3. The Morgan fingerprint density at radius 1 is 1.53 bits per heavy atom. The molecule has 0 saturated carbocycles. The number of fused-ring (bicyclic) bond motifs is 2. The number of aliphatic hydroxyl groups is 2. The Hall–Kier alpha value is -0.690. The van der Waals surface area contributed by atoms with Crippen LogP contribution in [0, 0.1) is 0 Å². The molecule has 1 amide bonds. The summed E-state index contributed by atoms with van der Waals surface area (Å²) in [4.78, 5) is 10.9. The van der Waals surface area contributed by atoms with Crippen LogP contribution in [0.5, 0.6) is 0 Å². The van der Waals surface area contributed by atoms with Gasteiger partial charge in [-0.25, -0.2) is 0 Å². The van der Waals surface area contributed by atoms with Gasteiger partial charge in [-0.3, -0.25) is 4.79 Å². The number of nitrogens with one attached hydrogen (secondary N) is 1. The van der Waals surface area contributed by atoms with Gasteiger partial charge in [0.05, 0.1) is 6.61 Å². The van der Waals surface area contributed by atoms with Crippen LogP contribution in [-0.4, -0.2) is 52.9 Å². The van der Waals surface area contributed by atoms with E-state index in [0.717, 1.165) is 0 Å². The third kappa shape index (κ3) is 1.63. The minimum Gasteiger partial charge on any atom is -0.388 e. The SMILES string of the molecule is CC(=O)N[C@H]1[C@H]2OC[C@](C)(O2)[C@H](O)[C@@H]1O. The van der Waals surface area contributed by atoms with Crippen LogP contribution in [0.1, 0.15) is 13.8 Å². The zero-order valence-corrected chi connectivity index (χ0v) is 8.64. The minimum absolute atomic E-state index is 0.214. The summed E-state index contributed by atoms with van der Waals surface area (Å²) in [5.74, 6) is -0.297. The maximum Gasteiger partial charge on any atom is 0.217 e. The normalized spacial score (nSPS) is 49.1. The lowest BCUT2D eigenvalue weighted by Crippen LogP contribution is -2.64. The van der Waals surface area contributed by atoms with Crippen LogP contribution >= 0.6 is 0 Å². The van der Waals surface area contributed by atoms with Crippen LogP contribution in [0.4, 0.5) is 0 Å². The van der Waals surface area contributed by atoms with E-state index in [1.807, 2.05) is 0 Å². The number of aliphatic hydroxyl groups excluding tert-OH is 2. The molecule has 0 aliphatic carbocycles. The Morgan fingerprint density at radius 2 is 2.20 bits per heavy atom. The van der Waals surface area contributed by atoms with Crippen molar-refractivity contribution in [3.8, 4) is 0 Å². The average molecular weight is 217 g/mol. The molecule has 86 valence electrons. The zero-order chi connectivity index (χ0) is 11.2. The van der Waals surface area contributed by atoms with E-state index in [2.05, 4.69) is 5.32 Å². The molecule has 3 N–H and O–H groups in total. The Morgan fingerprint density at radius 3 is 2.80 bits per heavy atom. The molecule has 2 saturated heterocycles. The predicted octanol–water partition coefficient (Wildman–Crippen LogP) is -1.64. The first-order chi connectivity index (χ1) is 6.94. The molecule has 6 nitrogen and oxygen atoms in total. The van der Waals surface area contributed by atoms with E-state index < -0.39 is 30.1 Å². The molecule has 0 radical (unpaired) electrons. The Bertz CT molecular complexity index is 284. The first-order valence-corrected chi connectivity index (χ1v) is 4.87. The Labute approximate surface area is 87.2 Å². The van der Waals surface area contributed by atoms with Gasteiger partial charge < -0.3 is 25.0 Å². The fourth-order valence-electron chi connectivity index (χ4n) is 2.02. The zero-order valence-electron chi connectivity index (χ0n) is 8.64. The average Bonchev–Trinajstić information content (AvgIpc) is 2.52. The summed E-state index contributed by atoms with van der Waals surface area (Å²) in [5.41, 5.74) is -0.876. The lowest BCUT2D eigenvalue weighted by Gasteiger charge is -2.40. The number of ether oxygens (including phenoxy) is 2. The van der Waals surface area contributed by atoms with Gasteiger partial charge in [-0.05, 0) is 6.92 Å². The third-order valence-corrected chi connectivity index (χ3v) is 2.90. The highest BCUT2D eigenvalue weighted by atomic mass is 16.7. The monoisotopic (exact) mass is 217 g/mol. The smallest absolute Gasteiger partial charge is 0.217 e. The van der Waals surface area contributed by atoms with Crippen LogP contribution < -0.4 is 5.32 Å². The van der Waals surface area contributed by atoms with Gasteiger partial charge in [0.25, 0.3) is 0 Å². The number of amides is 1. The van der Waals surface area contributed by atoms with E-state index in [0.29, 0.717) is 0 Å². The van der Waals surface area contributed by atoms with Gasteiger partial charge in [0.15, 0.2) is 6.29 Å². The number of carbonyl (C=O) groups is 1. The highest BCUT2D eigenvalue weighted by Gasteiger charge is 2.56. The summed E-state index contributed by atoms with van der Waals surface area (Å²) in [7, 11) is 0. The Balaban J connectivity index is 2.17. The summed E-state index contributed by atoms with van der Waals surface area (Å²) in [6, 6.07) is -0.715. The standard InChI is InChI=1S/C9H15NO5/c1-4(11)10-5-6(12)7(13)9(2)3-14-8(5)15-9/h5-8,12-13H,3H2,1-2H3,(H,10,11)/t5-,6-,7-,8+,9+/m1/s1. The molecule has 2 aliphatic heterocycles. The fraction of sp³-hybridized carbons (Fsp3) is 0.889. The lowest BCUT2D eigenvalue weighted by atomic mass is 9.89. The van der Waals surface area contributed by atoms with E-state index in [1.165, 1.54) is 6.92 Å². The van der Waals surface area contributed by atoms with E-state index in [-0.39, 0.29) is 12.5 Å². The molecule has 5 atom stereocenters. The molecule has 0 aromatic rings. The summed E-state index contributed by atoms with van der Waals surface area (Å²) in [6.45, 7) is 3.22. The first-order valence-electron chi connectivity index (χ1n) is 4.87. The minimum atomic E-state index is -1.07. The van der Waals surface area contributed by atoms with Crippen molar-refractivity contribution in [3.05, 3.63) is 0 Å². The van der Waals surface area contributed by atoms with Gasteiger partial charge in [-0.2, -0.15) is 0 Å². The van der Waals surface area contributed by atoms with Crippen LogP contribution in [0.2, 0.25) is 0 Å². The maximum absolute atomic E-state index is 10.9. The quantitative estimate of drug-likeness (QED) is 0.490. The maximum atomic E-state index is 10.9. The second kappa shape index (κ2) is 3.41. The van der Waals surface area contributed by atoms with Gasteiger partial charge in [-0.1, -0.05) is 0 Å². The lowest BCUT2D eigenvalue weighted by molar-refractivity contribution is -0.218. The highest BCUT2D eigenvalue weighted by molar-refractivity contribution is 5.73. The van der Waals surface area contributed by atoms with E-state index in [4.69, 9.17) is 9.47 Å². The molecule has 15 heavy (non-hydrogen) atoms. The molecule has 2 fully saturated rings.